The Labute approximate surface area is 165 Å². The molecule has 0 atom stereocenters. The average molecular weight is 375 g/mol. The molecular formula is C23H25N3O2. The number of para-hydroxylation sites is 1. The van der Waals surface area contributed by atoms with Crippen LogP contribution in [0.1, 0.15) is 19.8 Å². The van der Waals surface area contributed by atoms with Crippen LogP contribution < -0.4 is 5.32 Å². The zero-order valence-corrected chi connectivity index (χ0v) is 16.1. The summed E-state index contributed by atoms with van der Waals surface area (Å²) in [6.07, 6.45) is 1.62. The van der Waals surface area contributed by atoms with Crippen molar-refractivity contribution in [2.24, 2.45) is 0 Å². The van der Waals surface area contributed by atoms with Gasteiger partial charge in [-0.15, -0.1) is 0 Å². The highest BCUT2D eigenvalue weighted by atomic mass is 16.2. The van der Waals surface area contributed by atoms with Crippen molar-refractivity contribution in [3.63, 3.8) is 0 Å². The van der Waals surface area contributed by atoms with E-state index in [1.807, 2.05) is 35.2 Å². The van der Waals surface area contributed by atoms with E-state index in [1.54, 1.807) is 6.92 Å². The summed E-state index contributed by atoms with van der Waals surface area (Å²) in [5, 5.41) is 4.29. The van der Waals surface area contributed by atoms with E-state index in [4.69, 9.17) is 0 Å². The third-order valence-corrected chi connectivity index (χ3v) is 5.49. The van der Waals surface area contributed by atoms with Gasteiger partial charge in [0.1, 0.15) is 6.54 Å². The van der Waals surface area contributed by atoms with E-state index in [0.717, 1.165) is 35.0 Å². The first-order chi connectivity index (χ1) is 13.6. The molecule has 1 N–H and O–H groups in total. The number of hydrogen-bond acceptors (Lipinski definition) is 2. The first kappa shape index (κ1) is 18.3. The number of piperidine rings is 1. The Morgan fingerprint density at radius 2 is 1.68 bits per heavy atom. The summed E-state index contributed by atoms with van der Waals surface area (Å²) >= 11 is 0. The van der Waals surface area contributed by atoms with Gasteiger partial charge < -0.3 is 14.8 Å². The van der Waals surface area contributed by atoms with Crippen LogP contribution in [0.4, 0.5) is 0 Å². The Bertz CT molecular complexity index is 986. The summed E-state index contributed by atoms with van der Waals surface area (Å²) in [6.45, 7) is 3.30. The van der Waals surface area contributed by atoms with Crippen LogP contribution in [0.5, 0.6) is 0 Å². The molecule has 0 aliphatic carbocycles. The molecule has 2 aromatic carbocycles. The van der Waals surface area contributed by atoms with Crippen molar-refractivity contribution in [2.75, 3.05) is 13.1 Å². The fourth-order valence-corrected chi connectivity index (χ4v) is 3.98. The lowest BCUT2D eigenvalue weighted by atomic mass is 10.1. The number of nitrogens with one attached hydrogen (secondary N) is 1. The molecule has 1 aliphatic heterocycles. The van der Waals surface area contributed by atoms with E-state index in [2.05, 4.69) is 40.2 Å². The van der Waals surface area contributed by atoms with Crippen molar-refractivity contribution >= 4 is 22.7 Å². The van der Waals surface area contributed by atoms with Gasteiger partial charge in [-0.3, -0.25) is 9.59 Å². The topological polar surface area (TPSA) is 54.3 Å². The molecule has 0 radical (unpaired) electrons. The van der Waals surface area contributed by atoms with Crippen LogP contribution >= 0.6 is 0 Å². The van der Waals surface area contributed by atoms with Gasteiger partial charge in [-0.25, -0.2) is 0 Å². The number of nitrogens with zero attached hydrogens (tertiary/aromatic N) is 2. The predicted molar refractivity (Wildman–Crippen MR) is 111 cm³/mol. The lowest BCUT2D eigenvalue weighted by Crippen LogP contribution is -2.46. The highest BCUT2D eigenvalue weighted by molar-refractivity contribution is 5.89. The van der Waals surface area contributed by atoms with Gasteiger partial charge in [0.25, 0.3) is 0 Å². The van der Waals surface area contributed by atoms with Crippen molar-refractivity contribution < 1.29 is 9.59 Å². The van der Waals surface area contributed by atoms with Gasteiger partial charge in [0.2, 0.25) is 11.8 Å². The minimum Gasteiger partial charge on any atom is -0.352 e. The SMILES string of the molecule is CC(=O)N1CCC(NC(=O)Cn2c(-c3ccccc3)cc3ccccc32)CC1. The molecule has 0 bridgehead atoms. The number of carbonyl (C=O) groups is 2. The van der Waals surface area contributed by atoms with Crippen LogP contribution in [-0.4, -0.2) is 40.4 Å². The minimum absolute atomic E-state index is 0.0137. The van der Waals surface area contributed by atoms with E-state index >= 15 is 0 Å². The monoisotopic (exact) mass is 375 g/mol. The first-order valence-corrected chi connectivity index (χ1v) is 9.80. The molecule has 3 aromatic rings. The van der Waals surface area contributed by atoms with Crippen molar-refractivity contribution in [3.05, 3.63) is 60.7 Å². The Morgan fingerprint density at radius 1 is 1.00 bits per heavy atom. The van der Waals surface area contributed by atoms with Gasteiger partial charge in [0, 0.05) is 42.7 Å². The highest BCUT2D eigenvalue weighted by Crippen LogP contribution is 2.28. The number of hydrogen-bond donors (Lipinski definition) is 1. The number of fused-ring (bicyclic) bond motifs is 1. The van der Waals surface area contributed by atoms with Crippen molar-refractivity contribution in [1.29, 1.82) is 0 Å². The first-order valence-electron chi connectivity index (χ1n) is 9.80. The minimum atomic E-state index is 0.0137. The van der Waals surface area contributed by atoms with Gasteiger partial charge >= 0.3 is 0 Å². The summed E-state index contributed by atoms with van der Waals surface area (Å²) in [5.74, 6) is 0.121. The number of carbonyl (C=O) groups excluding carboxylic acids is 2. The molecule has 1 saturated heterocycles. The molecule has 0 spiro atoms. The molecule has 2 amide bonds. The number of benzene rings is 2. The standard InChI is InChI=1S/C23H25N3O2/c1-17(27)25-13-11-20(12-14-25)24-23(28)16-26-21-10-6-5-9-19(21)15-22(26)18-7-3-2-4-8-18/h2-10,15,20H,11-14,16H2,1H3,(H,24,28). The maximum absolute atomic E-state index is 12.8. The second-order valence-electron chi connectivity index (χ2n) is 7.39. The maximum Gasteiger partial charge on any atom is 0.240 e. The Kier molecular flexibility index (Phi) is 5.15. The third-order valence-electron chi connectivity index (χ3n) is 5.49. The van der Waals surface area contributed by atoms with Crippen molar-refractivity contribution in [1.82, 2.24) is 14.8 Å². The third kappa shape index (κ3) is 3.79. The fraction of sp³-hybridized carbons (Fsp3) is 0.304. The van der Waals surface area contributed by atoms with Gasteiger partial charge in [-0.2, -0.15) is 0 Å². The largest absolute Gasteiger partial charge is 0.352 e. The van der Waals surface area contributed by atoms with Crippen molar-refractivity contribution in [3.8, 4) is 11.3 Å². The van der Waals surface area contributed by atoms with Crippen LogP contribution in [0.3, 0.4) is 0 Å². The van der Waals surface area contributed by atoms with E-state index in [0.29, 0.717) is 13.1 Å². The normalized spacial score (nSPS) is 15.0. The Balaban J connectivity index is 1.53. The van der Waals surface area contributed by atoms with E-state index < -0.39 is 0 Å². The second kappa shape index (κ2) is 7.89. The summed E-state index contributed by atoms with van der Waals surface area (Å²) < 4.78 is 2.09. The van der Waals surface area contributed by atoms with E-state index in [9.17, 15) is 9.59 Å². The summed E-state index contributed by atoms with van der Waals surface area (Å²) in [7, 11) is 0. The second-order valence-corrected chi connectivity index (χ2v) is 7.39. The molecule has 2 heterocycles. The molecule has 1 fully saturated rings. The molecular weight excluding hydrogens is 350 g/mol. The van der Waals surface area contributed by atoms with Gasteiger partial charge in [0.15, 0.2) is 0 Å². The van der Waals surface area contributed by atoms with Crippen LogP contribution in [0, 0.1) is 0 Å². The predicted octanol–water partition coefficient (Wildman–Crippen LogP) is 3.44. The van der Waals surface area contributed by atoms with Gasteiger partial charge in [0.05, 0.1) is 0 Å². The Hall–Kier alpha value is -3.08. The molecule has 0 unspecified atom stereocenters. The van der Waals surface area contributed by atoms with E-state index in [1.165, 1.54) is 0 Å². The lowest BCUT2D eigenvalue weighted by molar-refractivity contribution is -0.130. The quantitative estimate of drug-likeness (QED) is 0.760. The molecule has 5 nitrogen and oxygen atoms in total. The van der Waals surface area contributed by atoms with Crippen LogP contribution in [0.25, 0.3) is 22.2 Å². The molecule has 1 aromatic heterocycles. The Morgan fingerprint density at radius 3 is 2.39 bits per heavy atom. The fourth-order valence-electron chi connectivity index (χ4n) is 3.98. The zero-order valence-electron chi connectivity index (χ0n) is 16.1. The molecule has 1 aliphatic rings. The van der Waals surface area contributed by atoms with Gasteiger partial charge in [-0.05, 0) is 30.5 Å². The average Bonchev–Trinajstić information content (AvgIpc) is 3.07. The molecule has 28 heavy (non-hydrogen) atoms. The number of amides is 2. The molecule has 144 valence electrons. The van der Waals surface area contributed by atoms with E-state index in [-0.39, 0.29) is 24.4 Å². The molecule has 0 saturated carbocycles. The summed E-state index contributed by atoms with van der Waals surface area (Å²) in [5.41, 5.74) is 3.20. The smallest absolute Gasteiger partial charge is 0.240 e. The van der Waals surface area contributed by atoms with Crippen LogP contribution in [0.2, 0.25) is 0 Å². The molecule has 5 heteroatoms. The van der Waals surface area contributed by atoms with Gasteiger partial charge in [-0.1, -0.05) is 48.5 Å². The summed E-state index contributed by atoms with van der Waals surface area (Å²) in [4.78, 5) is 26.1. The number of aromatic nitrogens is 1. The zero-order chi connectivity index (χ0) is 19.5. The molecule has 4 rings (SSSR count). The lowest BCUT2D eigenvalue weighted by Gasteiger charge is -2.31. The van der Waals surface area contributed by atoms with Crippen molar-refractivity contribution in [2.45, 2.75) is 32.4 Å². The maximum atomic E-state index is 12.8. The number of rotatable bonds is 4. The van der Waals surface area contributed by atoms with Crippen LogP contribution in [-0.2, 0) is 16.1 Å². The highest BCUT2D eigenvalue weighted by Gasteiger charge is 2.22. The number of likely N-dealkylation sites (tertiary alicyclic amines) is 1. The van der Waals surface area contributed by atoms with Crippen LogP contribution in [0.15, 0.2) is 60.7 Å². The summed E-state index contributed by atoms with van der Waals surface area (Å²) in [6, 6.07) is 20.6.